The number of ether oxygens (including phenoxy) is 5. The summed E-state index contributed by atoms with van der Waals surface area (Å²) in [6.07, 6.45) is -2.96. The molecule has 5 rings (SSSR count). The second-order valence-electron chi connectivity index (χ2n) is 10.2. The molecule has 1 aliphatic rings. The van der Waals surface area contributed by atoms with E-state index < -0.39 is 41.8 Å². The molecule has 0 saturated carbocycles. The molecule has 7 nitrogen and oxygen atoms in total. The van der Waals surface area contributed by atoms with E-state index >= 15 is 0 Å². The SMILES string of the molecule is CCS[C@H]1OC(COC(=O)c2ccccc2)[C@@H](OCc2ccccc2)[C@H](OCc2ccccc2)C1OC(=O)c1ccccc1. The topological polar surface area (TPSA) is 80.3 Å². The predicted octanol–water partition coefficient (Wildman–Crippen LogP) is 6.72. The van der Waals surface area contributed by atoms with Crippen molar-refractivity contribution >= 4 is 23.7 Å². The lowest BCUT2D eigenvalue weighted by molar-refractivity contribution is -0.239. The Labute approximate surface area is 262 Å². The van der Waals surface area contributed by atoms with Gasteiger partial charge in [0.2, 0.25) is 0 Å². The zero-order valence-electron chi connectivity index (χ0n) is 24.5. The lowest BCUT2D eigenvalue weighted by Crippen LogP contribution is -2.61. The van der Waals surface area contributed by atoms with Crippen LogP contribution in [0.2, 0.25) is 0 Å². The van der Waals surface area contributed by atoms with Crippen molar-refractivity contribution in [2.45, 2.75) is 50.0 Å². The third-order valence-corrected chi connectivity index (χ3v) is 8.17. The number of rotatable bonds is 13. The third kappa shape index (κ3) is 8.57. The average Bonchev–Trinajstić information content (AvgIpc) is 3.08. The largest absolute Gasteiger partial charge is 0.459 e. The van der Waals surface area contributed by atoms with Crippen LogP contribution in [0.1, 0.15) is 38.8 Å². The summed E-state index contributed by atoms with van der Waals surface area (Å²) < 4.78 is 31.6. The van der Waals surface area contributed by atoms with E-state index in [0.29, 0.717) is 16.9 Å². The molecule has 4 aromatic carbocycles. The van der Waals surface area contributed by atoms with Gasteiger partial charge in [-0.3, -0.25) is 0 Å². The second-order valence-corrected chi connectivity index (χ2v) is 11.6. The van der Waals surface area contributed by atoms with Gasteiger partial charge in [-0.2, -0.15) is 0 Å². The standard InChI is InChI=1S/C36H36O7S/c1-2-44-36-33(43-35(38)29-21-13-6-14-22-29)32(40-24-27-17-9-4-10-18-27)31(39-23-26-15-7-3-8-16-26)30(42-36)25-41-34(37)28-19-11-5-12-20-28/h3-22,30-33,36H,2,23-25H2,1H3/t30?,31-,32+,33?,36-/m1/s1. The summed E-state index contributed by atoms with van der Waals surface area (Å²) in [5, 5.41) is 0. The van der Waals surface area contributed by atoms with Gasteiger partial charge in [0.1, 0.15) is 30.4 Å². The van der Waals surface area contributed by atoms with Crippen molar-refractivity contribution in [1.82, 2.24) is 0 Å². The van der Waals surface area contributed by atoms with Crippen molar-refractivity contribution in [3.63, 3.8) is 0 Å². The molecule has 0 N–H and O–H groups in total. The molecule has 0 aromatic heterocycles. The zero-order valence-corrected chi connectivity index (χ0v) is 25.3. The summed E-state index contributed by atoms with van der Waals surface area (Å²) in [4.78, 5) is 26.3. The lowest BCUT2D eigenvalue weighted by Gasteiger charge is -2.45. The molecule has 0 bridgehead atoms. The summed E-state index contributed by atoms with van der Waals surface area (Å²) >= 11 is 1.50. The Morgan fingerprint density at radius 3 is 1.64 bits per heavy atom. The fraction of sp³-hybridized carbons (Fsp3) is 0.278. The van der Waals surface area contributed by atoms with E-state index in [1.165, 1.54) is 11.8 Å². The van der Waals surface area contributed by atoms with Crippen LogP contribution in [0.5, 0.6) is 0 Å². The highest BCUT2D eigenvalue weighted by Gasteiger charge is 2.50. The van der Waals surface area contributed by atoms with Crippen LogP contribution in [0.4, 0.5) is 0 Å². The average molecular weight is 613 g/mol. The van der Waals surface area contributed by atoms with E-state index in [4.69, 9.17) is 23.7 Å². The first-order valence-corrected chi connectivity index (χ1v) is 15.7. The van der Waals surface area contributed by atoms with Gasteiger partial charge in [-0.15, -0.1) is 11.8 Å². The fourth-order valence-electron chi connectivity index (χ4n) is 4.94. The monoisotopic (exact) mass is 612 g/mol. The lowest BCUT2D eigenvalue weighted by atomic mass is 9.98. The molecule has 0 amide bonds. The van der Waals surface area contributed by atoms with Crippen LogP contribution >= 0.6 is 11.8 Å². The van der Waals surface area contributed by atoms with Crippen LogP contribution in [-0.4, -0.2) is 54.2 Å². The smallest absolute Gasteiger partial charge is 0.338 e. The van der Waals surface area contributed by atoms with Crippen molar-refractivity contribution in [2.24, 2.45) is 0 Å². The number of hydrogen-bond donors (Lipinski definition) is 0. The Balaban J connectivity index is 1.45. The minimum atomic E-state index is -0.807. The molecule has 5 atom stereocenters. The van der Waals surface area contributed by atoms with Crippen LogP contribution in [0.15, 0.2) is 121 Å². The molecule has 1 fully saturated rings. The fourth-order valence-corrected chi connectivity index (χ4v) is 5.89. The van der Waals surface area contributed by atoms with Gasteiger partial charge < -0.3 is 23.7 Å². The van der Waals surface area contributed by atoms with Crippen molar-refractivity contribution in [2.75, 3.05) is 12.4 Å². The molecule has 1 heterocycles. The van der Waals surface area contributed by atoms with Gasteiger partial charge in [-0.05, 0) is 41.1 Å². The van der Waals surface area contributed by atoms with Crippen LogP contribution in [-0.2, 0) is 36.9 Å². The van der Waals surface area contributed by atoms with Gasteiger partial charge in [-0.1, -0.05) is 104 Å². The summed E-state index contributed by atoms with van der Waals surface area (Å²) in [6.45, 7) is 2.45. The van der Waals surface area contributed by atoms with E-state index in [1.54, 1.807) is 48.5 Å². The van der Waals surface area contributed by atoms with E-state index in [2.05, 4.69) is 0 Å². The highest BCUT2D eigenvalue weighted by molar-refractivity contribution is 7.99. The summed E-state index contributed by atoms with van der Waals surface area (Å²) in [5.41, 5.74) is 2.19. The molecule has 228 valence electrons. The molecule has 1 aliphatic heterocycles. The quantitative estimate of drug-likeness (QED) is 0.154. The number of benzene rings is 4. The molecule has 0 aliphatic carbocycles. The van der Waals surface area contributed by atoms with Gasteiger partial charge in [0.15, 0.2) is 6.10 Å². The zero-order chi connectivity index (χ0) is 30.6. The molecular weight excluding hydrogens is 576 g/mol. The van der Waals surface area contributed by atoms with Crippen LogP contribution in [0.3, 0.4) is 0 Å². The summed E-state index contributed by atoms with van der Waals surface area (Å²) in [7, 11) is 0. The molecule has 0 radical (unpaired) electrons. The maximum Gasteiger partial charge on any atom is 0.338 e. The maximum atomic E-state index is 13.4. The van der Waals surface area contributed by atoms with Crippen molar-refractivity contribution in [3.05, 3.63) is 144 Å². The number of thioether (sulfide) groups is 1. The number of esters is 2. The molecule has 1 saturated heterocycles. The Kier molecular flexibility index (Phi) is 11.6. The van der Waals surface area contributed by atoms with Crippen LogP contribution in [0.25, 0.3) is 0 Å². The normalized spacial score (nSPS) is 21.3. The Morgan fingerprint density at radius 1 is 0.636 bits per heavy atom. The van der Waals surface area contributed by atoms with E-state index in [9.17, 15) is 9.59 Å². The highest BCUT2D eigenvalue weighted by Crippen LogP contribution is 2.35. The van der Waals surface area contributed by atoms with Gasteiger partial charge in [-0.25, -0.2) is 9.59 Å². The molecule has 4 aromatic rings. The van der Waals surface area contributed by atoms with Crippen molar-refractivity contribution in [3.8, 4) is 0 Å². The molecular formula is C36H36O7S. The minimum Gasteiger partial charge on any atom is -0.459 e. The van der Waals surface area contributed by atoms with Crippen molar-refractivity contribution in [1.29, 1.82) is 0 Å². The number of hydrogen-bond acceptors (Lipinski definition) is 8. The molecule has 44 heavy (non-hydrogen) atoms. The van der Waals surface area contributed by atoms with Crippen molar-refractivity contribution < 1.29 is 33.3 Å². The van der Waals surface area contributed by atoms with Crippen LogP contribution < -0.4 is 0 Å². The van der Waals surface area contributed by atoms with Gasteiger partial charge >= 0.3 is 11.9 Å². The first-order valence-electron chi connectivity index (χ1n) is 14.7. The molecule has 8 heteroatoms. The summed E-state index contributed by atoms with van der Waals surface area (Å²) in [6, 6.07) is 37.2. The Morgan fingerprint density at radius 2 is 1.11 bits per heavy atom. The Hall–Kier alpha value is -3.95. The van der Waals surface area contributed by atoms with E-state index in [1.807, 2.05) is 79.7 Å². The Bertz CT molecular complexity index is 1440. The highest BCUT2D eigenvalue weighted by atomic mass is 32.2. The predicted molar refractivity (Wildman–Crippen MR) is 169 cm³/mol. The molecule has 2 unspecified atom stereocenters. The van der Waals surface area contributed by atoms with Gasteiger partial charge in [0, 0.05) is 0 Å². The third-order valence-electron chi connectivity index (χ3n) is 7.13. The first kappa shape index (κ1) is 31.5. The second kappa shape index (κ2) is 16.2. The number of carbonyl (C=O) groups is 2. The van der Waals surface area contributed by atoms with E-state index in [-0.39, 0.29) is 19.8 Å². The van der Waals surface area contributed by atoms with Gasteiger partial charge in [0.05, 0.1) is 24.3 Å². The summed E-state index contributed by atoms with van der Waals surface area (Å²) in [5.74, 6) is -0.248. The first-order chi connectivity index (χ1) is 21.6. The van der Waals surface area contributed by atoms with Crippen LogP contribution in [0, 0.1) is 0 Å². The number of carbonyl (C=O) groups excluding carboxylic acids is 2. The molecule has 0 spiro atoms. The van der Waals surface area contributed by atoms with Gasteiger partial charge in [0.25, 0.3) is 0 Å². The maximum absolute atomic E-state index is 13.4. The van der Waals surface area contributed by atoms with E-state index in [0.717, 1.165) is 11.1 Å². The minimum absolute atomic E-state index is 0.0709.